The van der Waals surface area contributed by atoms with Gasteiger partial charge in [-0.25, -0.2) is 17.5 Å². The van der Waals surface area contributed by atoms with Crippen LogP contribution in [-0.4, -0.2) is 39.3 Å². The summed E-state index contributed by atoms with van der Waals surface area (Å²) in [5.41, 5.74) is 0. The molecular weight excluding hydrogens is 299 g/mol. The standard InChI is InChI=1S/C13H17FN2O4S/c14-10-1-5-12(6-2-10)20-7-8-21(18,19)15-9-13(17)16-11-3-4-11/h1-2,5-6,11,15H,3-4,7-9H2,(H,16,17). The van der Waals surface area contributed by atoms with E-state index in [2.05, 4.69) is 10.0 Å². The molecule has 0 radical (unpaired) electrons. The maximum absolute atomic E-state index is 12.7. The van der Waals surface area contributed by atoms with Crippen LogP contribution in [0.25, 0.3) is 0 Å². The molecule has 1 aliphatic rings. The van der Waals surface area contributed by atoms with Gasteiger partial charge in [0.1, 0.15) is 18.2 Å². The van der Waals surface area contributed by atoms with E-state index in [0.717, 1.165) is 12.8 Å². The molecule has 0 aromatic heterocycles. The molecule has 1 aliphatic carbocycles. The van der Waals surface area contributed by atoms with Crippen LogP contribution in [0.5, 0.6) is 5.75 Å². The third kappa shape index (κ3) is 6.09. The highest BCUT2D eigenvalue weighted by molar-refractivity contribution is 7.89. The van der Waals surface area contributed by atoms with Crippen molar-refractivity contribution in [2.45, 2.75) is 18.9 Å². The van der Waals surface area contributed by atoms with Gasteiger partial charge >= 0.3 is 0 Å². The summed E-state index contributed by atoms with van der Waals surface area (Å²) in [5, 5.41) is 2.68. The lowest BCUT2D eigenvalue weighted by Crippen LogP contribution is -2.39. The predicted molar refractivity (Wildman–Crippen MR) is 74.8 cm³/mol. The van der Waals surface area contributed by atoms with Gasteiger partial charge in [0.25, 0.3) is 0 Å². The Balaban J connectivity index is 1.68. The van der Waals surface area contributed by atoms with Crippen molar-refractivity contribution < 1.29 is 22.3 Å². The van der Waals surface area contributed by atoms with Crippen LogP contribution in [0.2, 0.25) is 0 Å². The number of ether oxygens (including phenoxy) is 1. The predicted octanol–water partition coefficient (Wildman–Crippen LogP) is 0.402. The van der Waals surface area contributed by atoms with Gasteiger partial charge in [-0.2, -0.15) is 0 Å². The van der Waals surface area contributed by atoms with E-state index >= 15 is 0 Å². The van der Waals surface area contributed by atoms with Crippen LogP contribution >= 0.6 is 0 Å². The van der Waals surface area contributed by atoms with Gasteiger partial charge in [-0.3, -0.25) is 4.79 Å². The van der Waals surface area contributed by atoms with E-state index in [4.69, 9.17) is 4.74 Å². The van der Waals surface area contributed by atoms with Gasteiger partial charge in [0.2, 0.25) is 15.9 Å². The van der Waals surface area contributed by atoms with Crippen molar-refractivity contribution in [3.8, 4) is 5.75 Å². The number of carbonyl (C=O) groups excluding carboxylic acids is 1. The molecule has 1 fully saturated rings. The molecule has 2 N–H and O–H groups in total. The van der Waals surface area contributed by atoms with E-state index in [1.807, 2.05) is 0 Å². The third-order valence-electron chi connectivity index (χ3n) is 2.83. The highest BCUT2D eigenvalue weighted by Gasteiger charge is 2.23. The maximum Gasteiger partial charge on any atom is 0.235 e. The Morgan fingerprint density at radius 3 is 2.57 bits per heavy atom. The zero-order chi connectivity index (χ0) is 15.3. The van der Waals surface area contributed by atoms with Crippen LogP contribution in [0.4, 0.5) is 4.39 Å². The van der Waals surface area contributed by atoms with E-state index in [9.17, 15) is 17.6 Å². The quantitative estimate of drug-likeness (QED) is 0.727. The normalized spacial score (nSPS) is 14.7. The zero-order valence-corrected chi connectivity index (χ0v) is 12.2. The van der Waals surface area contributed by atoms with E-state index in [0.29, 0.717) is 5.75 Å². The lowest BCUT2D eigenvalue weighted by atomic mass is 10.3. The highest BCUT2D eigenvalue weighted by atomic mass is 32.2. The highest BCUT2D eigenvalue weighted by Crippen LogP contribution is 2.18. The van der Waals surface area contributed by atoms with Crippen molar-refractivity contribution >= 4 is 15.9 Å². The van der Waals surface area contributed by atoms with Crippen LogP contribution in [-0.2, 0) is 14.8 Å². The molecule has 1 aromatic carbocycles. The molecule has 0 unspecified atom stereocenters. The average molecular weight is 316 g/mol. The number of hydrogen-bond acceptors (Lipinski definition) is 4. The summed E-state index contributed by atoms with van der Waals surface area (Å²) in [7, 11) is -3.58. The van der Waals surface area contributed by atoms with Crippen molar-refractivity contribution in [1.29, 1.82) is 0 Å². The first-order chi connectivity index (χ1) is 9.94. The molecule has 21 heavy (non-hydrogen) atoms. The molecule has 1 amide bonds. The molecule has 1 aromatic rings. The Labute approximate surface area is 122 Å². The minimum Gasteiger partial charge on any atom is -0.492 e. The van der Waals surface area contributed by atoms with Crippen molar-refractivity contribution in [3.63, 3.8) is 0 Å². The van der Waals surface area contributed by atoms with E-state index in [1.54, 1.807) is 0 Å². The van der Waals surface area contributed by atoms with Crippen molar-refractivity contribution in [2.75, 3.05) is 18.9 Å². The van der Waals surface area contributed by atoms with Gasteiger partial charge in [-0.1, -0.05) is 0 Å². The molecule has 8 heteroatoms. The summed E-state index contributed by atoms with van der Waals surface area (Å²) in [6.07, 6.45) is 1.90. The first-order valence-corrected chi connectivity index (χ1v) is 8.25. The SMILES string of the molecule is O=C(CNS(=O)(=O)CCOc1ccc(F)cc1)NC1CC1. The number of carbonyl (C=O) groups is 1. The largest absolute Gasteiger partial charge is 0.492 e. The van der Waals surface area contributed by atoms with Gasteiger partial charge in [-0.05, 0) is 37.1 Å². The Morgan fingerprint density at radius 2 is 1.95 bits per heavy atom. The summed E-state index contributed by atoms with van der Waals surface area (Å²) in [6.45, 7) is -0.347. The van der Waals surface area contributed by atoms with Crippen LogP contribution in [0.1, 0.15) is 12.8 Å². The number of halogens is 1. The first-order valence-electron chi connectivity index (χ1n) is 6.60. The number of amides is 1. The Bertz CT molecular complexity index is 585. The Hall–Kier alpha value is -1.67. The number of sulfonamides is 1. The van der Waals surface area contributed by atoms with Crippen LogP contribution in [0.15, 0.2) is 24.3 Å². The molecule has 0 atom stereocenters. The topological polar surface area (TPSA) is 84.5 Å². The second-order valence-corrected chi connectivity index (χ2v) is 6.71. The monoisotopic (exact) mass is 316 g/mol. The third-order valence-corrected chi connectivity index (χ3v) is 4.12. The smallest absolute Gasteiger partial charge is 0.235 e. The van der Waals surface area contributed by atoms with Gasteiger partial charge in [0.05, 0.1) is 12.3 Å². The van der Waals surface area contributed by atoms with Crippen molar-refractivity contribution in [2.24, 2.45) is 0 Å². The molecule has 6 nitrogen and oxygen atoms in total. The van der Waals surface area contributed by atoms with E-state index in [-0.39, 0.29) is 30.9 Å². The molecule has 0 bridgehead atoms. The van der Waals surface area contributed by atoms with Crippen molar-refractivity contribution in [1.82, 2.24) is 10.0 Å². The summed E-state index contributed by atoms with van der Waals surface area (Å²) < 4.78 is 43.4. The molecular formula is C13H17FN2O4S. The fourth-order valence-electron chi connectivity index (χ4n) is 1.55. The Morgan fingerprint density at radius 1 is 1.29 bits per heavy atom. The summed E-state index contributed by atoms with van der Waals surface area (Å²) in [6, 6.07) is 5.48. The second-order valence-electron chi connectivity index (χ2n) is 4.78. The van der Waals surface area contributed by atoms with Gasteiger partial charge in [-0.15, -0.1) is 0 Å². The fraction of sp³-hybridized carbons (Fsp3) is 0.462. The molecule has 0 heterocycles. The molecule has 1 saturated carbocycles. The summed E-state index contributed by atoms with van der Waals surface area (Å²) in [4.78, 5) is 11.4. The molecule has 2 rings (SSSR count). The minimum atomic E-state index is -3.58. The lowest BCUT2D eigenvalue weighted by Gasteiger charge is -2.08. The van der Waals surface area contributed by atoms with Gasteiger partial charge in [0, 0.05) is 6.04 Å². The van der Waals surface area contributed by atoms with Gasteiger partial charge < -0.3 is 10.1 Å². The van der Waals surface area contributed by atoms with Gasteiger partial charge in [0.15, 0.2) is 0 Å². The number of rotatable bonds is 8. The van der Waals surface area contributed by atoms with E-state index < -0.39 is 15.8 Å². The Kier molecular flexibility index (Phi) is 5.13. The fourth-order valence-corrected chi connectivity index (χ4v) is 2.35. The summed E-state index contributed by atoms with van der Waals surface area (Å²) in [5.74, 6) is -0.613. The number of hydrogen-bond donors (Lipinski definition) is 2. The lowest BCUT2D eigenvalue weighted by molar-refractivity contribution is -0.120. The second kappa shape index (κ2) is 6.86. The van der Waals surface area contributed by atoms with Crippen LogP contribution in [0.3, 0.4) is 0 Å². The first kappa shape index (κ1) is 15.7. The molecule has 116 valence electrons. The molecule has 0 aliphatic heterocycles. The summed E-state index contributed by atoms with van der Waals surface area (Å²) >= 11 is 0. The van der Waals surface area contributed by atoms with Crippen LogP contribution in [0, 0.1) is 5.82 Å². The van der Waals surface area contributed by atoms with Crippen molar-refractivity contribution in [3.05, 3.63) is 30.1 Å². The maximum atomic E-state index is 12.7. The molecule has 0 spiro atoms. The average Bonchev–Trinajstić information content (AvgIpc) is 3.23. The zero-order valence-electron chi connectivity index (χ0n) is 11.3. The van der Waals surface area contributed by atoms with E-state index in [1.165, 1.54) is 24.3 Å². The van der Waals surface area contributed by atoms with Crippen LogP contribution < -0.4 is 14.8 Å². The number of nitrogens with one attached hydrogen (secondary N) is 2. The molecule has 0 saturated heterocycles. The minimum absolute atomic E-state index is 0.0782. The number of benzene rings is 1.